The Morgan fingerprint density at radius 2 is 0.600 bits per heavy atom. The molecule has 0 saturated carbocycles. The predicted octanol–water partition coefficient (Wildman–Crippen LogP) is -8.99. The Morgan fingerprint density at radius 1 is 0.600 bits per heavy atom. The van der Waals surface area contributed by atoms with Crippen LogP contribution in [0.4, 0.5) is 0 Å². The van der Waals surface area contributed by atoms with E-state index in [4.69, 9.17) is 0 Å². The maximum Gasteiger partial charge on any atom is 3.00 e. The van der Waals surface area contributed by atoms with E-state index in [9.17, 15) is 0 Å². The predicted molar refractivity (Wildman–Crippen MR) is 0 cm³/mol. The Morgan fingerprint density at radius 3 is 0.600 bits per heavy atom. The molecule has 0 aromatic rings. The molecule has 0 N–H and O–H groups in total. The summed E-state index contributed by atoms with van der Waals surface area (Å²) >= 11 is 0. The van der Waals surface area contributed by atoms with Gasteiger partial charge in [-0.3, -0.25) is 0 Å². The van der Waals surface area contributed by atoms with Gasteiger partial charge in [-0.25, -0.2) is 0 Å². The van der Waals surface area contributed by atoms with Crippen molar-refractivity contribution in [2.45, 2.75) is 0 Å². The zero-order valence-corrected chi connectivity index (χ0v) is 11.2. The maximum atomic E-state index is 0. The molecule has 5 heteroatoms. The van der Waals surface area contributed by atoms with Crippen LogP contribution in [0.3, 0.4) is 0 Å². The van der Waals surface area contributed by atoms with Crippen molar-refractivity contribution in [2.24, 2.45) is 0 Å². The van der Waals surface area contributed by atoms with Gasteiger partial charge in [0.05, 0.1) is 0 Å². The Labute approximate surface area is 112 Å². The average Bonchev–Trinajstić information content (AvgIpc) is 0. The van der Waals surface area contributed by atoms with Crippen LogP contribution >= 0.6 is 0 Å². The first-order valence-corrected chi connectivity index (χ1v) is 0. The third-order valence-corrected chi connectivity index (χ3v) is 0. The van der Waals surface area contributed by atoms with E-state index in [-0.39, 0.29) is 115 Å². The van der Waals surface area contributed by atoms with E-state index in [2.05, 4.69) is 0 Å². The van der Waals surface area contributed by atoms with Gasteiger partial charge in [0.2, 0.25) is 0 Å². The van der Waals surface area contributed by atoms with Gasteiger partial charge in [0.15, 0.2) is 0 Å². The third-order valence-electron chi connectivity index (χ3n) is 0. The van der Waals surface area contributed by atoms with Crippen LogP contribution in [-0.4, -0.2) is 0 Å². The van der Waals surface area contributed by atoms with Crippen LogP contribution in [0.25, 0.3) is 0 Å². The molecule has 0 aromatic heterocycles. The largest absolute Gasteiger partial charge is 3.00 e. The van der Waals surface area contributed by atoms with E-state index in [1.165, 1.54) is 0 Å². The molecule has 0 saturated heterocycles. The molecule has 0 heterocycles. The van der Waals surface area contributed by atoms with E-state index in [1.54, 1.807) is 0 Å². The molecule has 0 nitrogen and oxygen atoms in total. The summed E-state index contributed by atoms with van der Waals surface area (Å²) in [6, 6.07) is 0. The summed E-state index contributed by atoms with van der Waals surface area (Å²) in [7, 11) is 0. The first kappa shape index (κ1) is 39.5. The molecule has 25 valence electrons. The van der Waals surface area contributed by atoms with E-state index in [1.807, 2.05) is 0 Å². The summed E-state index contributed by atoms with van der Waals surface area (Å²) in [6.07, 6.45) is 0. The van der Waals surface area contributed by atoms with E-state index in [0.29, 0.717) is 0 Å². The van der Waals surface area contributed by atoms with Gasteiger partial charge in [-0.15, -0.1) is 0 Å². The summed E-state index contributed by atoms with van der Waals surface area (Å²) in [5.74, 6) is 0. The first-order valence-electron chi connectivity index (χ1n) is 0. The second-order valence-electron chi connectivity index (χ2n) is 0. The van der Waals surface area contributed by atoms with Crippen LogP contribution in [0.15, 0.2) is 0 Å². The molecule has 0 aromatic carbocycles. The van der Waals surface area contributed by atoms with Crippen molar-refractivity contribution in [3.05, 3.63) is 0 Å². The van der Waals surface area contributed by atoms with Crippen LogP contribution in [-0.2, 0) is 0 Å². The monoisotopic (exact) mass is 384 g/mol. The van der Waals surface area contributed by atoms with E-state index in [0.717, 1.165) is 0 Å². The van der Waals surface area contributed by atoms with Crippen molar-refractivity contribution < 1.29 is 115 Å². The van der Waals surface area contributed by atoms with Crippen molar-refractivity contribution >= 4 is 0 Å². The Hall–Kier alpha value is 3.44. The Kier molecular flexibility index (Phi) is 206. The van der Waals surface area contributed by atoms with E-state index >= 15 is 0 Å². The summed E-state index contributed by atoms with van der Waals surface area (Å²) in [5, 5.41) is 0. The number of hydrogen-bond donors (Lipinski definition) is 0. The van der Waals surface area contributed by atoms with Crippen LogP contribution in [0.1, 0.15) is 0 Å². The molecule has 0 amide bonds. The fraction of sp³-hybridized carbons (Fsp3) is 0. The first-order chi connectivity index (χ1) is 0. The number of rotatable bonds is 0. The van der Waals surface area contributed by atoms with Gasteiger partial charge in [-0.05, 0) is 0 Å². The SMILES string of the molecule is [Ce+3].[Cl-].[Cl-].[Cl-].[La+3]. The van der Waals surface area contributed by atoms with Crippen LogP contribution in [0.5, 0.6) is 0 Å². The summed E-state index contributed by atoms with van der Waals surface area (Å²) in [4.78, 5) is 0. The van der Waals surface area contributed by atoms with Crippen LogP contribution in [0.2, 0.25) is 0 Å². The Balaban J connectivity index is 0. The molecular formula is CeCl3La+3. The zero-order valence-electron chi connectivity index (χ0n) is 2.21. The normalized spacial score (nSPS) is 0. The topological polar surface area (TPSA) is 0 Å². The fourth-order valence-corrected chi connectivity index (χ4v) is 0. The molecule has 0 spiro atoms. The van der Waals surface area contributed by atoms with Crippen molar-refractivity contribution in [3.8, 4) is 0 Å². The molecule has 5 heavy (non-hydrogen) atoms. The van der Waals surface area contributed by atoms with Crippen LogP contribution in [0, 0.1) is 77.3 Å². The standard InChI is InChI=1S/Ce.3ClH.La/h;3*1H;/q+3;;;;+3/p-3. The quantitative estimate of drug-likeness (QED) is 0.389. The smallest absolute Gasteiger partial charge is 1.00 e. The molecular weight excluding hydrogens is 385 g/mol. The summed E-state index contributed by atoms with van der Waals surface area (Å²) < 4.78 is 0. The Bertz CT molecular complexity index is 6.85. The molecule has 1 radical (unpaired) electrons. The molecule has 0 aliphatic rings. The minimum Gasteiger partial charge on any atom is -1.00 e. The van der Waals surface area contributed by atoms with Gasteiger partial charge >= 0.3 is 77.3 Å². The summed E-state index contributed by atoms with van der Waals surface area (Å²) in [6.45, 7) is 0. The summed E-state index contributed by atoms with van der Waals surface area (Å²) in [5.41, 5.74) is 0. The zero-order chi connectivity index (χ0) is 0. The average molecular weight is 385 g/mol. The minimum atomic E-state index is 0. The third kappa shape index (κ3) is 18.6. The van der Waals surface area contributed by atoms with Crippen molar-refractivity contribution in [1.82, 2.24) is 0 Å². The molecule has 0 rings (SSSR count). The number of hydrogen-bond acceptors (Lipinski definition) is 0. The van der Waals surface area contributed by atoms with Gasteiger partial charge in [0.25, 0.3) is 0 Å². The van der Waals surface area contributed by atoms with Crippen molar-refractivity contribution in [1.29, 1.82) is 0 Å². The maximum absolute atomic E-state index is 0. The van der Waals surface area contributed by atoms with Gasteiger partial charge in [-0.2, -0.15) is 0 Å². The molecule has 0 aliphatic heterocycles. The van der Waals surface area contributed by atoms with Crippen molar-refractivity contribution in [2.75, 3.05) is 0 Å². The van der Waals surface area contributed by atoms with Crippen molar-refractivity contribution in [3.63, 3.8) is 0 Å². The molecule has 0 bridgehead atoms. The van der Waals surface area contributed by atoms with Crippen LogP contribution < -0.4 is 37.2 Å². The molecule has 0 fully saturated rings. The second-order valence-corrected chi connectivity index (χ2v) is 0. The van der Waals surface area contributed by atoms with Gasteiger partial charge in [-0.1, -0.05) is 0 Å². The fourth-order valence-electron chi connectivity index (χ4n) is 0. The number of halogens is 3. The van der Waals surface area contributed by atoms with Gasteiger partial charge in [0.1, 0.15) is 0 Å². The second kappa shape index (κ2) is 26.1. The minimum absolute atomic E-state index is 0. The van der Waals surface area contributed by atoms with Gasteiger partial charge in [0, 0.05) is 0 Å². The molecule has 0 unspecified atom stereocenters. The molecule has 0 aliphatic carbocycles. The van der Waals surface area contributed by atoms with E-state index < -0.39 is 0 Å². The van der Waals surface area contributed by atoms with Gasteiger partial charge < -0.3 is 37.2 Å². The molecule has 0 atom stereocenters.